The van der Waals surface area contributed by atoms with Crippen molar-refractivity contribution in [3.05, 3.63) is 29.8 Å². The van der Waals surface area contributed by atoms with E-state index in [0.717, 1.165) is 24.5 Å². The summed E-state index contributed by atoms with van der Waals surface area (Å²) in [6.07, 6.45) is 2.34. The number of nitrogens with zero attached hydrogens (tertiary/aromatic N) is 3. The zero-order chi connectivity index (χ0) is 18.8. The number of amides is 2. The standard InChI is InChI=1S/C18H21N5O3S/c1-11(24)19-17-21-22-18(26-17)27-14-4-2-13(3-5-14)16(25)20-15-10-23-8-6-12(15)7-9-23/h2-5,12,15H,6-10H2,1H3,(H,20,25)(H,19,21,24). The number of benzene rings is 1. The Labute approximate surface area is 161 Å². The normalized spacial score (nSPS) is 23.8. The molecule has 5 rings (SSSR count). The van der Waals surface area contributed by atoms with E-state index in [-0.39, 0.29) is 23.9 Å². The zero-order valence-corrected chi connectivity index (χ0v) is 15.8. The second kappa shape index (κ2) is 7.69. The summed E-state index contributed by atoms with van der Waals surface area (Å²) in [4.78, 5) is 26.8. The van der Waals surface area contributed by atoms with Crippen LogP contribution in [0.4, 0.5) is 6.01 Å². The van der Waals surface area contributed by atoms with Crippen LogP contribution in [0.2, 0.25) is 0 Å². The Bertz CT molecular complexity index is 830. The van der Waals surface area contributed by atoms with E-state index >= 15 is 0 Å². The van der Waals surface area contributed by atoms with Crippen molar-refractivity contribution in [2.75, 3.05) is 25.0 Å². The van der Waals surface area contributed by atoms with E-state index in [2.05, 4.69) is 25.7 Å². The van der Waals surface area contributed by atoms with Crippen molar-refractivity contribution >= 4 is 29.6 Å². The lowest BCUT2D eigenvalue weighted by molar-refractivity contribution is -0.114. The van der Waals surface area contributed by atoms with Crippen LogP contribution in [-0.4, -0.2) is 52.6 Å². The van der Waals surface area contributed by atoms with Gasteiger partial charge in [0.2, 0.25) is 5.91 Å². The SMILES string of the molecule is CC(=O)Nc1nnc(Sc2ccc(C(=O)NC3CN4CCC3CC4)cc2)o1. The third-order valence-corrected chi connectivity index (χ3v) is 5.83. The highest BCUT2D eigenvalue weighted by Crippen LogP contribution is 2.29. The van der Waals surface area contributed by atoms with Crippen LogP contribution in [0.3, 0.4) is 0 Å². The lowest BCUT2D eigenvalue weighted by Crippen LogP contribution is -2.57. The molecular formula is C18H21N5O3S. The van der Waals surface area contributed by atoms with Gasteiger partial charge >= 0.3 is 6.01 Å². The van der Waals surface area contributed by atoms with Gasteiger partial charge in [-0.3, -0.25) is 14.9 Å². The second-order valence-corrected chi connectivity index (χ2v) is 7.92. The van der Waals surface area contributed by atoms with Crippen LogP contribution in [0.1, 0.15) is 30.1 Å². The lowest BCUT2D eigenvalue weighted by Gasteiger charge is -2.44. The highest BCUT2D eigenvalue weighted by atomic mass is 32.2. The summed E-state index contributed by atoms with van der Waals surface area (Å²) >= 11 is 1.27. The molecule has 142 valence electrons. The van der Waals surface area contributed by atoms with Crippen molar-refractivity contribution in [1.82, 2.24) is 20.4 Å². The number of nitrogens with one attached hydrogen (secondary N) is 2. The van der Waals surface area contributed by atoms with E-state index < -0.39 is 0 Å². The van der Waals surface area contributed by atoms with Crippen LogP contribution < -0.4 is 10.6 Å². The minimum absolute atomic E-state index is 0.0314. The first-order valence-electron chi connectivity index (χ1n) is 8.99. The molecule has 0 radical (unpaired) electrons. The van der Waals surface area contributed by atoms with Gasteiger partial charge in [0.25, 0.3) is 11.1 Å². The lowest BCUT2D eigenvalue weighted by atomic mass is 9.84. The summed E-state index contributed by atoms with van der Waals surface area (Å²) < 4.78 is 5.33. The summed E-state index contributed by atoms with van der Waals surface area (Å²) in [5.41, 5.74) is 0.639. The minimum atomic E-state index is -0.270. The van der Waals surface area contributed by atoms with Gasteiger partial charge in [0, 0.05) is 30.0 Å². The number of hydrogen-bond acceptors (Lipinski definition) is 7. The van der Waals surface area contributed by atoms with E-state index in [4.69, 9.17) is 4.42 Å². The van der Waals surface area contributed by atoms with Crippen LogP contribution in [0.15, 0.2) is 38.8 Å². The van der Waals surface area contributed by atoms with Crippen LogP contribution in [-0.2, 0) is 4.79 Å². The van der Waals surface area contributed by atoms with Crippen molar-refractivity contribution in [3.63, 3.8) is 0 Å². The fourth-order valence-electron chi connectivity index (χ4n) is 3.61. The quantitative estimate of drug-likeness (QED) is 0.809. The van der Waals surface area contributed by atoms with Gasteiger partial charge in [-0.25, -0.2) is 0 Å². The molecule has 3 fully saturated rings. The van der Waals surface area contributed by atoms with Gasteiger partial charge in [-0.1, -0.05) is 10.2 Å². The van der Waals surface area contributed by atoms with Gasteiger partial charge in [0.15, 0.2) is 0 Å². The predicted molar refractivity (Wildman–Crippen MR) is 99.6 cm³/mol. The largest absolute Gasteiger partial charge is 0.397 e. The molecular weight excluding hydrogens is 366 g/mol. The van der Waals surface area contributed by atoms with Gasteiger partial charge in [-0.2, -0.15) is 0 Å². The van der Waals surface area contributed by atoms with E-state index in [1.807, 2.05) is 12.1 Å². The summed E-state index contributed by atoms with van der Waals surface area (Å²) in [6.45, 7) is 4.64. The fraction of sp³-hybridized carbons (Fsp3) is 0.444. The Morgan fingerprint density at radius 1 is 1.19 bits per heavy atom. The number of rotatable bonds is 5. The first-order chi connectivity index (χ1) is 13.1. The average molecular weight is 387 g/mol. The molecule has 9 heteroatoms. The predicted octanol–water partition coefficient (Wildman–Crippen LogP) is 2.00. The molecule has 8 nitrogen and oxygen atoms in total. The van der Waals surface area contributed by atoms with Crippen molar-refractivity contribution in [1.29, 1.82) is 0 Å². The van der Waals surface area contributed by atoms with E-state index in [0.29, 0.717) is 16.7 Å². The highest BCUT2D eigenvalue weighted by Gasteiger charge is 2.34. The van der Waals surface area contributed by atoms with Crippen molar-refractivity contribution in [2.24, 2.45) is 5.92 Å². The number of fused-ring (bicyclic) bond motifs is 3. The number of anilines is 1. The van der Waals surface area contributed by atoms with E-state index in [1.165, 1.54) is 31.5 Å². The molecule has 1 atom stereocenters. The Balaban J connectivity index is 1.35. The van der Waals surface area contributed by atoms with Gasteiger partial charge in [-0.15, -0.1) is 0 Å². The highest BCUT2D eigenvalue weighted by molar-refractivity contribution is 7.99. The maximum absolute atomic E-state index is 12.5. The van der Waals surface area contributed by atoms with Crippen LogP contribution in [0.5, 0.6) is 0 Å². The summed E-state index contributed by atoms with van der Waals surface area (Å²) in [6, 6.07) is 7.60. The third kappa shape index (κ3) is 4.30. The van der Waals surface area contributed by atoms with E-state index in [1.54, 1.807) is 12.1 Å². The monoisotopic (exact) mass is 387 g/mol. The first-order valence-corrected chi connectivity index (χ1v) is 9.81. The van der Waals surface area contributed by atoms with Gasteiger partial charge in [0.1, 0.15) is 0 Å². The van der Waals surface area contributed by atoms with Crippen LogP contribution in [0, 0.1) is 5.92 Å². The molecule has 0 saturated carbocycles. The van der Waals surface area contributed by atoms with Gasteiger partial charge in [-0.05, 0) is 67.9 Å². The number of aromatic nitrogens is 2. The summed E-state index contributed by atoms with van der Waals surface area (Å²) in [7, 11) is 0. The molecule has 1 unspecified atom stereocenters. The first kappa shape index (κ1) is 18.0. The molecule has 3 aliphatic heterocycles. The summed E-state index contributed by atoms with van der Waals surface area (Å²) in [5, 5.41) is 13.6. The van der Waals surface area contributed by atoms with Gasteiger partial charge < -0.3 is 14.6 Å². The number of piperidine rings is 3. The zero-order valence-electron chi connectivity index (χ0n) is 15.0. The molecule has 4 heterocycles. The maximum Gasteiger partial charge on any atom is 0.322 e. The molecule has 2 N–H and O–H groups in total. The molecule has 0 aliphatic carbocycles. The minimum Gasteiger partial charge on any atom is -0.397 e. The van der Waals surface area contributed by atoms with Crippen molar-refractivity contribution < 1.29 is 14.0 Å². The summed E-state index contributed by atoms with van der Waals surface area (Å²) in [5.74, 6) is 0.300. The number of carbonyl (C=O) groups is 2. The second-order valence-electron chi connectivity index (χ2n) is 6.90. The topological polar surface area (TPSA) is 100 Å². The molecule has 0 spiro atoms. The average Bonchev–Trinajstić information content (AvgIpc) is 3.09. The molecule has 2 aromatic rings. The Kier molecular flexibility index (Phi) is 5.13. The maximum atomic E-state index is 12.5. The Morgan fingerprint density at radius 2 is 1.93 bits per heavy atom. The Hall–Kier alpha value is -2.39. The van der Waals surface area contributed by atoms with Gasteiger partial charge in [0.05, 0.1) is 0 Å². The number of hydrogen-bond donors (Lipinski definition) is 2. The van der Waals surface area contributed by atoms with E-state index in [9.17, 15) is 9.59 Å². The smallest absolute Gasteiger partial charge is 0.322 e. The fourth-order valence-corrected chi connectivity index (χ4v) is 4.28. The van der Waals surface area contributed by atoms with Crippen LogP contribution in [0.25, 0.3) is 0 Å². The molecule has 1 aromatic heterocycles. The van der Waals surface area contributed by atoms with Crippen LogP contribution >= 0.6 is 11.8 Å². The Morgan fingerprint density at radius 3 is 2.56 bits per heavy atom. The van der Waals surface area contributed by atoms with Crippen molar-refractivity contribution in [3.8, 4) is 0 Å². The molecule has 27 heavy (non-hydrogen) atoms. The molecule has 1 aromatic carbocycles. The number of carbonyl (C=O) groups excluding carboxylic acids is 2. The molecule has 3 saturated heterocycles. The molecule has 3 aliphatic rings. The molecule has 2 bridgehead atoms. The van der Waals surface area contributed by atoms with Crippen molar-refractivity contribution in [2.45, 2.75) is 35.9 Å². The molecule has 2 amide bonds. The third-order valence-electron chi connectivity index (χ3n) is 4.98.